The summed E-state index contributed by atoms with van der Waals surface area (Å²) in [5.74, 6) is 0. The van der Waals surface area contributed by atoms with Crippen LogP contribution in [0, 0.1) is 0 Å². The molecule has 0 spiro atoms. The van der Waals surface area contributed by atoms with E-state index in [9.17, 15) is 4.79 Å². The molecular weight excluding hydrogens is 178 g/mol. The molecule has 4 heteroatoms. The molecule has 3 heterocycles. The molecule has 4 nitrogen and oxygen atoms in total. The fourth-order valence-corrected chi connectivity index (χ4v) is 2.06. The van der Waals surface area contributed by atoms with E-state index in [4.69, 9.17) is 0 Å². The van der Waals surface area contributed by atoms with Crippen LogP contribution in [0.1, 0.15) is 11.3 Å². The first-order valence-electron chi connectivity index (χ1n) is 4.78. The zero-order valence-corrected chi connectivity index (χ0v) is 7.71. The third kappa shape index (κ3) is 0.943. The molecule has 14 heavy (non-hydrogen) atoms. The second-order valence-electron chi connectivity index (χ2n) is 3.57. The van der Waals surface area contributed by atoms with Gasteiger partial charge < -0.3 is 14.7 Å². The summed E-state index contributed by atoms with van der Waals surface area (Å²) in [4.78, 5) is 14.5. The lowest BCUT2D eigenvalue weighted by Gasteiger charge is -2.17. The summed E-state index contributed by atoms with van der Waals surface area (Å²) in [6.45, 7) is 1.63. The molecule has 0 saturated carbocycles. The van der Waals surface area contributed by atoms with Crippen molar-refractivity contribution in [3.63, 3.8) is 0 Å². The van der Waals surface area contributed by atoms with Gasteiger partial charge in [-0.1, -0.05) is 0 Å². The van der Waals surface area contributed by atoms with Crippen molar-refractivity contribution in [1.82, 2.24) is 14.7 Å². The number of aromatic nitrogens is 2. The van der Waals surface area contributed by atoms with E-state index >= 15 is 0 Å². The van der Waals surface area contributed by atoms with Crippen LogP contribution >= 0.6 is 0 Å². The molecule has 0 aliphatic carbocycles. The molecule has 1 aliphatic heterocycles. The third-order valence-electron chi connectivity index (χ3n) is 2.74. The zero-order chi connectivity index (χ0) is 9.54. The van der Waals surface area contributed by atoms with Crippen LogP contribution in [-0.4, -0.2) is 15.9 Å². The van der Waals surface area contributed by atoms with Gasteiger partial charge in [-0.05, 0) is 12.1 Å². The minimum Gasteiger partial charge on any atom is -0.312 e. The van der Waals surface area contributed by atoms with E-state index in [2.05, 4.69) is 14.7 Å². The SMILES string of the molecule is O=c1[nH]c2cccn2c2c1CNCC2. The van der Waals surface area contributed by atoms with Crippen LogP contribution in [0.25, 0.3) is 5.65 Å². The van der Waals surface area contributed by atoms with Gasteiger partial charge in [-0.3, -0.25) is 4.79 Å². The number of hydrogen-bond acceptors (Lipinski definition) is 2. The highest BCUT2D eigenvalue weighted by Crippen LogP contribution is 2.11. The summed E-state index contributed by atoms with van der Waals surface area (Å²) in [7, 11) is 0. The van der Waals surface area contributed by atoms with E-state index in [1.54, 1.807) is 0 Å². The number of fused-ring (bicyclic) bond motifs is 3. The second kappa shape index (κ2) is 2.72. The lowest BCUT2D eigenvalue weighted by Crippen LogP contribution is -2.32. The predicted molar refractivity (Wildman–Crippen MR) is 53.4 cm³/mol. The lowest BCUT2D eigenvalue weighted by molar-refractivity contribution is 0.616. The first-order valence-corrected chi connectivity index (χ1v) is 4.78. The molecule has 2 aromatic rings. The molecule has 2 aromatic heterocycles. The summed E-state index contributed by atoms with van der Waals surface area (Å²) >= 11 is 0. The van der Waals surface area contributed by atoms with Crippen molar-refractivity contribution in [2.45, 2.75) is 13.0 Å². The van der Waals surface area contributed by atoms with Crippen molar-refractivity contribution in [2.75, 3.05) is 6.54 Å². The van der Waals surface area contributed by atoms with Crippen LogP contribution in [0.3, 0.4) is 0 Å². The molecule has 0 atom stereocenters. The number of rotatable bonds is 0. The standard InChI is InChI=1S/C10H11N3O/c14-10-7-6-11-4-3-8(7)13-5-1-2-9(13)12-10/h1-2,5,11H,3-4,6H2,(H,12,14). The van der Waals surface area contributed by atoms with E-state index in [1.165, 1.54) is 0 Å². The summed E-state index contributed by atoms with van der Waals surface area (Å²) in [6, 6.07) is 3.87. The fraction of sp³-hybridized carbons (Fsp3) is 0.300. The summed E-state index contributed by atoms with van der Waals surface area (Å²) in [5, 5.41) is 3.21. The lowest BCUT2D eigenvalue weighted by atomic mass is 10.1. The Morgan fingerprint density at radius 1 is 1.43 bits per heavy atom. The zero-order valence-electron chi connectivity index (χ0n) is 7.71. The summed E-state index contributed by atoms with van der Waals surface area (Å²) in [6.07, 6.45) is 2.92. The molecule has 0 fully saturated rings. The molecule has 0 amide bonds. The van der Waals surface area contributed by atoms with E-state index in [0.717, 1.165) is 29.9 Å². The predicted octanol–water partition coefficient (Wildman–Crippen LogP) is 0.273. The average molecular weight is 189 g/mol. The van der Waals surface area contributed by atoms with Crippen molar-refractivity contribution in [3.8, 4) is 0 Å². The van der Waals surface area contributed by atoms with Crippen molar-refractivity contribution < 1.29 is 0 Å². The molecule has 0 aromatic carbocycles. The Morgan fingerprint density at radius 2 is 2.36 bits per heavy atom. The Bertz CT molecular complexity index is 538. The van der Waals surface area contributed by atoms with Crippen LogP contribution in [0.5, 0.6) is 0 Å². The Balaban J connectivity index is 2.45. The molecular formula is C10H11N3O. The number of hydrogen-bond donors (Lipinski definition) is 2. The van der Waals surface area contributed by atoms with Gasteiger partial charge >= 0.3 is 0 Å². The maximum Gasteiger partial charge on any atom is 0.255 e. The first-order chi connectivity index (χ1) is 6.86. The van der Waals surface area contributed by atoms with Crippen LogP contribution < -0.4 is 10.9 Å². The van der Waals surface area contributed by atoms with Gasteiger partial charge in [0.2, 0.25) is 0 Å². The van der Waals surface area contributed by atoms with Gasteiger partial charge in [0.25, 0.3) is 5.56 Å². The molecule has 3 rings (SSSR count). The highest BCUT2D eigenvalue weighted by Gasteiger charge is 2.15. The normalized spacial score (nSPS) is 15.7. The topological polar surface area (TPSA) is 49.3 Å². The van der Waals surface area contributed by atoms with Gasteiger partial charge in [-0.15, -0.1) is 0 Å². The summed E-state index contributed by atoms with van der Waals surface area (Å²) < 4.78 is 2.07. The maximum absolute atomic E-state index is 11.7. The Labute approximate surface area is 80.6 Å². The number of H-pyrrole nitrogens is 1. The Kier molecular flexibility index (Phi) is 1.52. The Hall–Kier alpha value is -1.55. The first kappa shape index (κ1) is 7.82. The fourth-order valence-electron chi connectivity index (χ4n) is 2.06. The monoisotopic (exact) mass is 189 g/mol. The van der Waals surface area contributed by atoms with E-state index in [1.807, 2.05) is 18.3 Å². The highest BCUT2D eigenvalue weighted by molar-refractivity contribution is 5.42. The quantitative estimate of drug-likeness (QED) is 0.625. The van der Waals surface area contributed by atoms with Crippen LogP contribution in [0.4, 0.5) is 0 Å². The molecule has 0 radical (unpaired) electrons. The van der Waals surface area contributed by atoms with Crippen molar-refractivity contribution in [1.29, 1.82) is 0 Å². The molecule has 72 valence electrons. The van der Waals surface area contributed by atoms with E-state index in [-0.39, 0.29) is 5.56 Å². The van der Waals surface area contributed by atoms with Gasteiger partial charge in [0, 0.05) is 31.4 Å². The van der Waals surface area contributed by atoms with E-state index < -0.39 is 0 Å². The van der Waals surface area contributed by atoms with Crippen LogP contribution in [0.15, 0.2) is 23.1 Å². The number of nitrogens with zero attached hydrogens (tertiary/aromatic N) is 1. The second-order valence-corrected chi connectivity index (χ2v) is 3.57. The molecule has 0 bridgehead atoms. The molecule has 2 N–H and O–H groups in total. The van der Waals surface area contributed by atoms with Crippen molar-refractivity contribution in [3.05, 3.63) is 39.9 Å². The highest BCUT2D eigenvalue weighted by atomic mass is 16.1. The minimum atomic E-state index is 0.0402. The molecule has 0 unspecified atom stereocenters. The number of nitrogens with one attached hydrogen (secondary N) is 2. The molecule has 1 aliphatic rings. The largest absolute Gasteiger partial charge is 0.312 e. The van der Waals surface area contributed by atoms with E-state index in [0.29, 0.717) is 6.54 Å². The van der Waals surface area contributed by atoms with Gasteiger partial charge in [0.1, 0.15) is 5.65 Å². The minimum absolute atomic E-state index is 0.0402. The Morgan fingerprint density at radius 3 is 3.29 bits per heavy atom. The van der Waals surface area contributed by atoms with Crippen LogP contribution in [0.2, 0.25) is 0 Å². The summed E-state index contributed by atoms with van der Waals surface area (Å²) in [5.41, 5.74) is 2.95. The van der Waals surface area contributed by atoms with Crippen molar-refractivity contribution >= 4 is 5.65 Å². The third-order valence-corrected chi connectivity index (χ3v) is 2.74. The average Bonchev–Trinajstić information content (AvgIpc) is 2.66. The van der Waals surface area contributed by atoms with Gasteiger partial charge in [0.15, 0.2) is 0 Å². The van der Waals surface area contributed by atoms with Gasteiger partial charge in [-0.2, -0.15) is 0 Å². The maximum atomic E-state index is 11.7. The van der Waals surface area contributed by atoms with Crippen LogP contribution in [-0.2, 0) is 13.0 Å². The smallest absolute Gasteiger partial charge is 0.255 e. The number of aromatic amines is 1. The van der Waals surface area contributed by atoms with Gasteiger partial charge in [-0.25, -0.2) is 0 Å². The van der Waals surface area contributed by atoms with Crippen molar-refractivity contribution in [2.24, 2.45) is 0 Å². The molecule has 0 saturated heterocycles. The van der Waals surface area contributed by atoms with Gasteiger partial charge in [0.05, 0.1) is 5.56 Å².